The van der Waals surface area contributed by atoms with E-state index in [-0.39, 0.29) is 6.04 Å². The SMILES string of the molecule is CCOc1ccc(C(NC)c2cc(OC)cs2)c(Br)c1. The monoisotopic (exact) mass is 355 g/mol. The van der Waals surface area contributed by atoms with E-state index in [0.717, 1.165) is 16.0 Å². The van der Waals surface area contributed by atoms with E-state index in [4.69, 9.17) is 9.47 Å². The van der Waals surface area contributed by atoms with Gasteiger partial charge in [0.15, 0.2) is 0 Å². The first-order chi connectivity index (χ1) is 9.69. The van der Waals surface area contributed by atoms with Crippen LogP contribution in [0.2, 0.25) is 0 Å². The van der Waals surface area contributed by atoms with Crippen LogP contribution in [0.3, 0.4) is 0 Å². The van der Waals surface area contributed by atoms with Gasteiger partial charge in [0.2, 0.25) is 0 Å². The second-order valence-electron chi connectivity index (χ2n) is 4.23. The first kappa shape index (κ1) is 15.4. The van der Waals surface area contributed by atoms with Gasteiger partial charge in [0.1, 0.15) is 11.5 Å². The van der Waals surface area contributed by atoms with E-state index in [2.05, 4.69) is 33.4 Å². The fraction of sp³-hybridized carbons (Fsp3) is 0.333. The number of hydrogen-bond donors (Lipinski definition) is 1. The summed E-state index contributed by atoms with van der Waals surface area (Å²) in [5.41, 5.74) is 1.18. The van der Waals surface area contributed by atoms with Crippen molar-refractivity contribution in [3.8, 4) is 11.5 Å². The number of halogens is 1. The van der Waals surface area contributed by atoms with Crippen LogP contribution in [-0.2, 0) is 0 Å². The summed E-state index contributed by atoms with van der Waals surface area (Å²) in [6, 6.07) is 8.29. The van der Waals surface area contributed by atoms with E-state index in [9.17, 15) is 0 Å². The molecule has 1 aromatic carbocycles. The molecule has 0 spiro atoms. The minimum Gasteiger partial charge on any atom is -0.496 e. The molecule has 0 saturated carbocycles. The molecule has 0 amide bonds. The molecular weight excluding hydrogens is 338 g/mol. The lowest BCUT2D eigenvalue weighted by Gasteiger charge is -2.17. The summed E-state index contributed by atoms with van der Waals surface area (Å²) < 4.78 is 11.8. The lowest BCUT2D eigenvalue weighted by Crippen LogP contribution is -2.17. The van der Waals surface area contributed by atoms with Crippen LogP contribution < -0.4 is 14.8 Å². The van der Waals surface area contributed by atoms with Crippen LogP contribution in [0.4, 0.5) is 0 Å². The molecule has 108 valence electrons. The average Bonchev–Trinajstić information content (AvgIpc) is 2.91. The highest BCUT2D eigenvalue weighted by Crippen LogP contribution is 2.35. The summed E-state index contributed by atoms with van der Waals surface area (Å²) in [6.45, 7) is 2.65. The fourth-order valence-electron chi connectivity index (χ4n) is 2.04. The lowest BCUT2D eigenvalue weighted by molar-refractivity contribution is 0.340. The fourth-order valence-corrected chi connectivity index (χ4v) is 3.61. The molecule has 2 aromatic rings. The van der Waals surface area contributed by atoms with Gasteiger partial charge in [-0.3, -0.25) is 0 Å². The normalized spacial score (nSPS) is 12.2. The molecule has 20 heavy (non-hydrogen) atoms. The predicted octanol–water partition coefficient (Wildman–Crippen LogP) is 4.23. The van der Waals surface area contributed by atoms with E-state index >= 15 is 0 Å². The Balaban J connectivity index is 2.31. The Morgan fingerprint density at radius 3 is 2.65 bits per heavy atom. The number of nitrogens with one attached hydrogen (secondary N) is 1. The molecule has 0 aliphatic carbocycles. The van der Waals surface area contributed by atoms with Gasteiger partial charge in [-0.05, 0) is 37.7 Å². The van der Waals surface area contributed by atoms with Gasteiger partial charge in [-0.2, -0.15) is 0 Å². The molecular formula is C15H18BrNO2S. The number of methoxy groups -OCH3 is 1. The summed E-state index contributed by atoms with van der Waals surface area (Å²) in [6.07, 6.45) is 0. The number of thiophene rings is 1. The molecule has 0 aliphatic rings. The number of benzene rings is 1. The molecule has 1 aromatic heterocycles. The van der Waals surface area contributed by atoms with Gasteiger partial charge >= 0.3 is 0 Å². The molecule has 5 heteroatoms. The van der Waals surface area contributed by atoms with Crippen molar-refractivity contribution in [1.82, 2.24) is 5.32 Å². The van der Waals surface area contributed by atoms with E-state index in [1.807, 2.05) is 31.5 Å². The van der Waals surface area contributed by atoms with Crippen molar-refractivity contribution in [2.75, 3.05) is 20.8 Å². The zero-order valence-corrected chi connectivity index (χ0v) is 14.2. The topological polar surface area (TPSA) is 30.5 Å². The van der Waals surface area contributed by atoms with Gasteiger partial charge < -0.3 is 14.8 Å². The molecule has 0 saturated heterocycles. The first-order valence-corrected chi connectivity index (χ1v) is 8.08. The molecule has 1 heterocycles. The summed E-state index contributed by atoms with van der Waals surface area (Å²) in [4.78, 5) is 1.22. The number of hydrogen-bond acceptors (Lipinski definition) is 4. The van der Waals surface area contributed by atoms with Crippen molar-refractivity contribution in [2.45, 2.75) is 13.0 Å². The van der Waals surface area contributed by atoms with Crippen LogP contribution >= 0.6 is 27.3 Å². The average molecular weight is 356 g/mol. The van der Waals surface area contributed by atoms with E-state index in [1.54, 1.807) is 18.4 Å². The summed E-state index contributed by atoms with van der Waals surface area (Å²) in [5.74, 6) is 1.77. The van der Waals surface area contributed by atoms with Crippen LogP contribution in [0.5, 0.6) is 11.5 Å². The van der Waals surface area contributed by atoms with Crippen molar-refractivity contribution < 1.29 is 9.47 Å². The highest BCUT2D eigenvalue weighted by atomic mass is 79.9. The maximum Gasteiger partial charge on any atom is 0.129 e. The van der Waals surface area contributed by atoms with Crippen molar-refractivity contribution in [3.05, 3.63) is 44.6 Å². The Labute approximate surface area is 132 Å². The molecule has 0 bridgehead atoms. The molecule has 0 radical (unpaired) electrons. The quantitative estimate of drug-likeness (QED) is 0.840. The minimum atomic E-state index is 0.133. The predicted molar refractivity (Wildman–Crippen MR) is 87.1 cm³/mol. The molecule has 1 atom stereocenters. The van der Waals surface area contributed by atoms with Crippen molar-refractivity contribution in [1.29, 1.82) is 0 Å². The number of ether oxygens (including phenoxy) is 2. The van der Waals surface area contributed by atoms with E-state index in [0.29, 0.717) is 6.61 Å². The third kappa shape index (κ3) is 3.34. The summed E-state index contributed by atoms with van der Waals surface area (Å²) >= 11 is 5.32. The zero-order valence-electron chi connectivity index (χ0n) is 11.8. The Morgan fingerprint density at radius 1 is 1.30 bits per heavy atom. The van der Waals surface area contributed by atoms with Crippen molar-refractivity contribution in [2.24, 2.45) is 0 Å². The zero-order chi connectivity index (χ0) is 14.5. The molecule has 1 N–H and O–H groups in total. The second-order valence-corrected chi connectivity index (χ2v) is 6.02. The largest absolute Gasteiger partial charge is 0.496 e. The third-order valence-electron chi connectivity index (χ3n) is 3.00. The number of rotatable bonds is 6. The van der Waals surface area contributed by atoms with Crippen molar-refractivity contribution >= 4 is 27.3 Å². The van der Waals surface area contributed by atoms with Gasteiger partial charge in [0, 0.05) is 14.7 Å². The Hall–Kier alpha value is -1.04. The Bertz CT molecular complexity index is 571. The second kappa shape index (κ2) is 7.11. The standard InChI is InChI=1S/C15H18BrNO2S/c1-4-19-10-5-6-12(13(16)7-10)15(17-2)14-8-11(18-3)9-20-14/h5-9,15,17H,4H2,1-3H3. The minimum absolute atomic E-state index is 0.133. The van der Waals surface area contributed by atoms with Crippen LogP contribution in [0.25, 0.3) is 0 Å². The van der Waals surface area contributed by atoms with E-state index < -0.39 is 0 Å². The summed E-state index contributed by atoms with van der Waals surface area (Å²) in [7, 11) is 3.65. The maximum absolute atomic E-state index is 5.51. The Morgan fingerprint density at radius 2 is 2.10 bits per heavy atom. The van der Waals surface area contributed by atoms with Gasteiger partial charge in [0.25, 0.3) is 0 Å². The van der Waals surface area contributed by atoms with Gasteiger partial charge in [-0.15, -0.1) is 11.3 Å². The molecule has 3 nitrogen and oxygen atoms in total. The first-order valence-electron chi connectivity index (χ1n) is 6.41. The van der Waals surface area contributed by atoms with Gasteiger partial charge in [-0.25, -0.2) is 0 Å². The third-order valence-corrected chi connectivity index (χ3v) is 4.66. The molecule has 0 fully saturated rings. The highest BCUT2D eigenvalue weighted by molar-refractivity contribution is 9.10. The van der Waals surface area contributed by atoms with E-state index in [1.165, 1.54) is 10.4 Å². The van der Waals surface area contributed by atoms with Crippen LogP contribution in [-0.4, -0.2) is 20.8 Å². The van der Waals surface area contributed by atoms with Crippen LogP contribution in [0.15, 0.2) is 34.1 Å². The summed E-state index contributed by atoms with van der Waals surface area (Å²) in [5, 5.41) is 5.36. The lowest BCUT2D eigenvalue weighted by atomic mass is 10.1. The van der Waals surface area contributed by atoms with Crippen LogP contribution in [0, 0.1) is 0 Å². The Kier molecular flexibility index (Phi) is 5.46. The molecule has 1 unspecified atom stereocenters. The maximum atomic E-state index is 5.51. The molecule has 0 aliphatic heterocycles. The smallest absolute Gasteiger partial charge is 0.129 e. The van der Waals surface area contributed by atoms with Crippen molar-refractivity contribution in [3.63, 3.8) is 0 Å². The van der Waals surface area contributed by atoms with Gasteiger partial charge in [0.05, 0.1) is 19.8 Å². The van der Waals surface area contributed by atoms with Crippen LogP contribution in [0.1, 0.15) is 23.4 Å². The highest BCUT2D eigenvalue weighted by Gasteiger charge is 2.17. The van der Waals surface area contributed by atoms with Gasteiger partial charge in [-0.1, -0.05) is 22.0 Å². The molecule has 2 rings (SSSR count).